The maximum Gasteiger partial charge on any atom is 0.229 e. The van der Waals surface area contributed by atoms with Crippen molar-refractivity contribution >= 4 is 17.7 Å². The SMILES string of the molecule is N[C@@H]1CCN(CCc2ccccn2)C[C@H]1C(=O)N1CCSC1. The lowest BCUT2D eigenvalue weighted by Gasteiger charge is -2.37. The van der Waals surface area contributed by atoms with E-state index < -0.39 is 0 Å². The first-order valence-electron chi connectivity index (χ1n) is 7.98. The lowest BCUT2D eigenvalue weighted by molar-refractivity contribution is -0.136. The van der Waals surface area contributed by atoms with Crippen LogP contribution in [0.5, 0.6) is 0 Å². The lowest BCUT2D eigenvalue weighted by atomic mass is 9.91. The molecule has 2 saturated heterocycles. The Labute approximate surface area is 136 Å². The molecule has 5 nitrogen and oxygen atoms in total. The first-order valence-corrected chi connectivity index (χ1v) is 9.14. The molecule has 0 saturated carbocycles. The highest BCUT2D eigenvalue weighted by Gasteiger charge is 2.35. The molecule has 0 aromatic carbocycles. The summed E-state index contributed by atoms with van der Waals surface area (Å²) in [5.41, 5.74) is 7.33. The summed E-state index contributed by atoms with van der Waals surface area (Å²) in [4.78, 5) is 21.3. The van der Waals surface area contributed by atoms with Gasteiger partial charge in [-0.1, -0.05) is 6.07 Å². The maximum absolute atomic E-state index is 12.6. The normalized spacial score (nSPS) is 26.3. The van der Waals surface area contributed by atoms with Crippen molar-refractivity contribution in [2.75, 3.05) is 37.8 Å². The number of carbonyl (C=O) groups excluding carboxylic acids is 1. The Morgan fingerprint density at radius 3 is 3.05 bits per heavy atom. The number of likely N-dealkylation sites (tertiary alicyclic amines) is 1. The van der Waals surface area contributed by atoms with Gasteiger partial charge in [-0.3, -0.25) is 9.78 Å². The van der Waals surface area contributed by atoms with Crippen molar-refractivity contribution in [2.45, 2.75) is 18.9 Å². The number of nitrogens with two attached hydrogens (primary N) is 1. The van der Waals surface area contributed by atoms with Crippen LogP contribution in [0.4, 0.5) is 0 Å². The fourth-order valence-corrected chi connectivity index (χ4v) is 4.10. The predicted octanol–water partition coefficient (Wildman–Crippen LogP) is 0.806. The zero-order chi connectivity index (χ0) is 15.4. The molecule has 1 aromatic rings. The van der Waals surface area contributed by atoms with Crippen molar-refractivity contribution in [3.8, 4) is 0 Å². The number of pyridine rings is 1. The minimum absolute atomic E-state index is 0.00389. The molecule has 1 amide bonds. The van der Waals surface area contributed by atoms with Crippen LogP contribution < -0.4 is 5.73 Å². The number of hydrogen-bond acceptors (Lipinski definition) is 5. The zero-order valence-corrected chi connectivity index (χ0v) is 13.7. The van der Waals surface area contributed by atoms with Crippen LogP contribution in [0.3, 0.4) is 0 Å². The Balaban J connectivity index is 1.55. The van der Waals surface area contributed by atoms with Crippen LogP contribution in [0.2, 0.25) is 0 Å². The van der Waals surface area contributed by atoms with Gasteiger partial charge in [-0.25, -0.2) is 0 Å². The Hall–Kier alpha value is -1.11. The van der Waals surface area contributed by atoms with Gasteiger partial charge in [0.1, 0.15) is 0 Å². The van der Waals surface area contributed by atoms with Crippen LogP contribution in [-0.2, 0) is 11.2 Å². The molecular weight excluding hydrogens is 296 g/mol. The summed E-state index contributed by atoms with van der Waals surface area (Å²) in [6.07, 6.45) is 3.66. The third-order valence-corrected chi connectivity index (χ3v) is 5.51. The molecule has 2 aliphatic heterocycles. The van der Waals surface area contributed by atoms with E-state index in [-0.39, 0.29) is 17.9 Å². The number of hydrogen-bond donors (Lipinski definition) is 1. The second-order valence-electron chi connectivity index (χ2n) is 6.07. The summed E-state index contributed by atoms with van der Waals surface area (Å²) in [5, 5.41) is 0. The van der Waals surface area contributed by atoms with Crippen LogP contribution in [0.25, 0.3) is 0 Å². The third-order valence-electron chi connectivity index (χ3n) is 4.54. The molecule has 22 heavy (non-hydrogen) atoms. The number of carbonyl (C=O) groups is 1. The molecule has 3 rings (SSSR count). The molecule has 2 N–H and O–H groups in total. The molecule has 0 radical (unpaired) electrons. The van der Waals surface area contributed by atoms with Gasteiger partial charge < -0.3 is 15.5 Å². The van der Waals surface area contributed by atoms with Crippen LogP contribution in [0.1, 0.15) is 12.1 Å². The smallest absolute Gasteiger partial charge is 0.229 e. The van der Waals surface area contributed by atoms with Crippen LogP contribution in [0, 0.1) is 5.92 Å². The topological polar surface area (TPSA) is 62.5 Å². The number of rotatable bonds is 4. The second kappa shape index (κ2) is 7.44. The molecule has 0 spiro atoms. The van der Waals surface area contributed by atoms with Crippen molar-refractivity contribution in [3.63, 3.8) is 0 Å². The summed E-state index contributed by atoms with van der Waals surface area (Å²) in [5.74, 6) is 2.09. The van der Waals surface area contributed by atoms with Gasteiger partial charge in [0.25, 0.3) is 0 Å². The van der Waals surface area contributed by atoms with Gasteiger partial charge in [0.2, 0.25) is 5.91 Å². The predicted molar refractivity (Wildman–Crippen MR) is 89.5 cm³/mol. The van der Waals surface area contributed by atoms with Crippen molar-refractivity contribution in [1.29, 1.82) is 0 Å². The summed E-state index contributed by atoms with van der Waals surface area (Å²) in [6, 6.07) is 6.02. The highest BCUT2D eigenvalue weighted by Crippen LogP contribution is 2.22. The first-order chi connectivity index (χ1) is 10.7. The molecule has 6 heteroatoms. The molecule has 2 atom stereocenters. The van der Waals surface area contributed by atoms with Crippen LogP contribution in [-0.4, -0.2) is 64.5 Å². The quantitative estimate of drug-likeness (QED) is 0.889. The molecule has 0 aliphatic carbocycles. The largest absolute Gasteiger partial charge is 0.332 e. The van der Waals surface area contributed by atoms with E-state index in [1.807, 2.05) is 35.0 Å². The second-order valence-corrected chi connectivity index (χ2v) is 7.14. The van der Waals surface area contributed by atoms with E-state index in [1.165, 1.54) is 0 Å². The molecular formula is C16H24N4OS. The maximum atomic E-state index is 12.6. The minimum Gasteiger partial charge on any atom is -0.332 e. The van der Waals surface area contributed by atoms with Crippen molar-refractivity contribution in [3.05, 3.63) is 30.1 Å². The van der Waals surface area contributed by atoms with Gasteiger partial charge >= 0.3 is 0 Å². The number of nitrogens with zero attached hydrogens (tertiary/aromatic N) is 3. The van der Waals surface area contributed by atoms with Crippen molar-refractivity contribution in [1.82, 2.24) is 14.8 Å². The Kier molecular flexibility index (Phi) is 5.33. The average Bonchev–Trinajstić information content (AvgIpc) is 3.09. The van der Waals surface area contributed by atoms with Gasteiger partial charge in [-0.05, 0) is 25.1 Å². The first kappa shape index (κ1) is 15.8. The third kappa shape index (κ3) is 3.80. The van der Waals surface area contributed by atoms with Crippen LogP contribution in [0.15, 0.2) is 24.4 Å². The summed E-state index contributed by atoms with van der Waals surface area (Å²) >= 11 is 1.83. The zero-order valence-electron chi connectivity index (χ0n) is 12.9. The average molecular weight is 320 g/mol. The van der Waals surface area contributed by atoms with Gasteiger partial charge in [0.15, 0.2) is 0 Å². The molecule has 2 aliphatic rings. The van der Waals surface area contributed by atoms with E-state index in [0.29, 0.717) is 0 Å². The van der Waals surface area contributed by atoms with Gasteiger partial charge in [-0.15, -0.1) is 11.8 Å². The molecule has 0 unspecified atom stereocenters. The Morgan fingerprint density at radius 1 is 1.41 bits per heavy atom. The highest BCUT2D eigenvalue weighted by molar-refractivity contribution is 7.99. The van der Waals surface area contributed by atoms with E-state index in [4.69, 9.17) is 5.73 Å². The lowest BCUT2D eigenvalue weighted by Crippen LogP contribution is -2.53. The van der Waals surface area contributed by atoms with Gasteiger partial charge in [0.05, 0.1) is 11.8 Å². The molecule has 0 bridgehead atoms. The van der Waals surface area contributed by atoms with Gasteiger partial charge in [0, 0.05) is 49.7 Å². The van der Waals surface area contributed by atoms with Crippen LogP contribution >= 0.6 is 11.8 Å². The van der Waals surface area contributed by atoms with E-state index in [2.05, 4.69) is 16.0 Å². The van der Waals surface area contributed by atoms with E-state index in [1.54, 1.807) is 0 Å². The number of aromatic nitrogens is 1. The number of amides is 1. The number of piperidine rings is 1. The molecule has 3 heterocycles. The highest BCUT2D eigenvalue weighted by atomic mass is 32.2. The summed E-state index contributed by atoms with van der Waals surface area (Å²) < 4.78 is 0. The fraction of sp³-hybridized carbons (Fsp3) is 0.625. The van der Waals surface area contributed by atoms with E-state index >= 15 is 0 Å². The molecule has 2 fully saturated rings. The standard InChI is InChI=1S/C16H24N4OS/c17-15-5-8-19(7-4-13-3-1-2-6-18-13)11-14(15)16(21)20-9-10-22-12-20/h1-3,6,14-15H,4-5,7-12,17H2/t14-,15-/m1/s1. The molecule has 120 valence electrons. The molecule has 1 aromatic heterocycles. The Morgan fingerprint density at radius 2 is 2.32 bits per heavy atom. The summed E-state index contributed by atoms with van der Waals surface area (Å²) in [7, 11) is 0. The van der Waals surface area contributed by atoms with Gasteiger partial charge in [-0.2, -0.15) is 0 Å². The van der Waals surface area contributed by atoms with E-state index in [9.17, 15) is 4.79 Å². The summed E-state index contributed by atoms with van der Waals surface area (Å²) in [6.45, 7) is 3.59. The Bertz CT molecular complexity index is 492. The van der Waals surface area contributed by atoms with Crippen molar-refractivity contribution in [2.24, 2.45) is 11.7 Å². The number of thioether (sulfide) groups is 1. The fourth-order valence-electron chi connectivity index (χ4n) is 3.14. The minimum atomic E-state index is -0.0452. The van der Waals surface area contributed by atoms with Crippen molar-refractivity contribution < 1.29 is 4.79 Å². The van der Waals surface area contributed by atoms with E-state index in [0.717, 1.165) is 56.3 Å². The monoisotopic (exact) mass is 320 g/mol.